The van der Waals surface area contributed by atoms with E-state index in [0.29, 0.717) is 23.9 Å². The standard InChI is InChI=1S/C16H24N2O2.C2H4O3.H2O/c1-12(18-15-5-3-2-4-6-15)11-20-16(19)13-7-9-14(17)10-8-13;3-1-2(4)5;/h7-10,12,15,18H,2-6,11,17H2,1H3;3H,1H2,(H,4,5);1H2. The Morgan fingerprint density at radius 1 is 1.23 bits per heavy atom. The van der Waals surface area contributed by atoms with Crippen molar-refractivity contribution in [3.8, 4) is 0 Å². The van der Waals surface area contributed by atoms with Gasteiger partial charge in [-0.15, -0.1) is 0 Å². The minimum atomic E-state index is -1.19. The van der Waals surface area contributed by atoms with E-state index in [0.717, 1.165) is 0 Å². The van der Waals surface area contributed by atoms with Gasteiger partial charge in [-0.25, -0.2) is 9.59 Å². The number of anilines is 1. The summed E-state index contributed by atoms with van der Waals surface area (Å²) in [6.45, 7) is 1.69. The first-order valence-corrected chi connectivity index (χ1v) is 8.53. The summed E-state index contributed by atoms with van der Waals surface area (Å²) in [5.41, 5.74) is 6.78. The predicted molar refractivity (Wildman–Crippen MR) is 98.9 cm³/mol. The summed E-state index contributed by atoms with van der Waals surface area (Å²) >= 11 is 0. The third kappa shape index (κ3) is 9.97. The summed E-state index contributed by atoms with van der Waals surface area (Å²) < 4.78 is 5.33. The van der Waals surface area contributed by atoms with Gasteiger partial charge in [-0.2, -0.15) is 0 Å². The number of aliphatic hydroxyl groups excluding tert-OH is 1. The molecule has 26 heavy (non-hydrogen) atoms. The van der Waals surface area contributed by atoms with Gasteiger partial charge in [0.05, 0.1) is 5.56 Å². The first kappa shape index (κ1) is 23.8. The summed E-state index contributed by atoms with van der Waals surface area (Å²) in [5.74, 6) is -1.48. The maximum absolute atomic E-state index is 11.9. The second kappa shape index (κ2) is 13.1. The highest BCUT2D eigenvalue weighted by Gasteiger charge is 2.16. The van der Waals surface area contributed by atoms with Gasteiger partial charge in [-0.05, 0) is 44.0 Å². The minimum absolute atomic E-state index is 0. The number of carboxylic acid groups (broad SMARTS) is 1. The number of carbonyl (C=O) groups excluding carboxylic acids is 1. The number of carboxylic acids is 1. The second-order valence-electron chi connectivity index (χ2n) is 6.17. The summed E-state index contributed by atoms with van der Waals surface area (Å²) in [4.78, 5) is 21.0. The van der Waals surface area contributed by atoms with Crippen LogP contribution >= 0.6 is 0 Å². The number of carbonyl (C=O) groups is 2. The number of aliphatic carboxylic acids is 1. The maximum atomic E-state index is 11.9. The van der Waals surface area contributed by atoms with Gasteiger partial charge >= 0.3 is 11.9 Å². The second-order valence-corrected chi connectivity index (χ2v) is 6.17. The molecule has 0 spiro atoms. The number of benzene rings is 1. The first-order valence-electron chi connectivity index (χ1n) is 8.53. The average molecular weight is 370 g/mol. The van der Waals surface area contributed by atoms with Gasteiger partial charge in [0.1, 0.15) is 13.2 Å². The molecule has 1 aliphatic carbocycles. The molecule has 1 aromatic rings. The highest BCUT2D eigenvalue weighted by molar-refractivity contribution is 5.89. The van der Waals surface area contributed by atoms with Crippen molar-refractivity contribution in [2.24, 2.45) is 0 Å². The number of nitrogen functional groups attached to an aromatic ring is 1. The van der Waals surface area contributed by atoms with E-state index in [4.69, 9.17) is 25.5 Å². The molecule has 8 heteroatoms. The summed E-state index contributed by atoms with van der Waals surface area (Å²) in [6.07, 6.45) is 6.41. The molecule has 1 fully saturated rings. The van der Waals surface area contributed by atoms with Crippen LogP contribution in [0.25, 0.3) is 0 Å². The van der Waals surface area contributed by atoms with Gasteiger partial charge in [0, 0.05) is 17.8 Å². The zero-order chi connectivity index (χ0) is 18.7. The van der Waals surface area contributed by atoms with Gasteiger partial charge in [0.15, 0.2) is 0 Å². The Morgan fingerprint density at radius 3 is 2.27 bits per heavy atom. The van der Waals surface area contributed by atoms with E-state index in [-0.39, 0.29) is 17.5 Å². The summed E-state index contributed by atoms with van der Waals surface area (Å²) in [6, 6.07) is 7.57. The zero-order valence-corrected chi connectivity index (χ0v) is 15.1. The van der Waals surface area contributed by atoms with Gasteiger partial charge in [-0.1, -0.05) is 19.3 Å². The molecule has 0 amide bonds. The fourth-order valence-electron chi connectivity index (χ4n) is 2.62. The SMILES string of the molecule is CC(COC(=O)c1ccc(N)cc1)NC1CCCCC1.O.O=C(O)CO. The van der Waals surface area contributed by atoms with Gasteiger partial charge in [0.25, 0.3) is 0 Å². The first-order chi connectivity index (χ1) is 11.9. The lowest BCUT2D eigenvalue weighted by atomic mass is 9.95. The Morgan fingerprint density at radius 2 is 1.77 bits per heavy atom. The van der Waals surface area contributed by atoms with Crippen LogP contribution in [0.4, 0.5) is 5.69 Å². The molecule has 0 heterocycles. The number of aliphatic hydroxyl groups is 1. The van der Waals surface area contributed by atoms with Crippen molar-refractivity contribution in [1.29, 1.82) is 0 Å². The van der Waals surface area contributed by atoms with Crippen LogP contribution in [0.2, 0.25) is 0 Å². The smallest absolute Gasteiger partial charge is 0.338 e. The van der Waals surface area contributed by atoms with Crippen molar-refractivity contribution in [2.75, 3.05) is 18.9 Å². The Kier molecular flexibility index (Phi) is 12.0. The third-order valence-corrected chi connectivity index (χ3v) is 3.87. The lowest BCUT2D eigenvalue weighted by Gasteiger charge is -2.26. The number of rotatable bonds is 6. The van der Waals surface area contributed by atoms with E-state index in [1.807, 2.05) is 0 Å². The molecule has 2 rings (SSSR count). The summed E-state index contributed by atoms with van der Waals surface area (Å²) in [5, 5.41) is 18.6. The molecule has 1 aromatic carbocycles. The largest absolute Gasteiger partial charge is 0.480 e. The predicted octanol–water partition coefficient (Wildman–Crippen LogP) is 0.975. The molecule has 7 N–H and O–H groups in total. The lowest BCUT2D eigenvalue weighted by molar-refractivity contribution is -0.140. The van der Waals surface area contributed by atoms with E-state index in [1.165, 1.54) is 32.1 Å². The van der Waals surface area contributed by atoms with Crippen molar-refractivity contribution >= 4 is 17.6 Å². The van der Waals surface area contributed by atoms with Crippen LogP contribution in [0.15, 0.2) is 24.3 Å². The van der Waals surface area contributed by atoms with Crippen LogP contribution in [0, 0.1) is 0 Å². The molecule has 0 radical (unpaired) electrons. The van der Waals surface area contributed by atoms with Gasteiger partial charge < -0.3 is 31.5 Å². The number of hydrogen-bond donors (Lipinski definition) is 4. The highest BCUT2D eigenvalue weighted by Crippen LogP contribution is 2.17. The maximum Gasteiger partial charge on any atom is 0.338 e. The zero-order valence-electron chi connectivity index (χ0n) is 15.1. The number of nitrogens with one attached hydrogen (secondary N) is 1. The number of esters is 1. The third-order valence-electron chi connectivity index (χ3n) is 3.87. The monoisotopic (exact) mass is 370 g/mol. The van der Waals surface area contributed by atoms with E-state index in [9.17, 15) is 4.79 Å². The van der Waals surface area contributed by atoms with Crippen LogP contribution in [-0.4, -0.2) is 52.9 Å². The normalized spacial score (nSPS) is 15.0. The molecule has 1 unspecified atom stereocenters. The fraction of sp³-hybridized carbons (Fsp3) is 0.556. The molecule has 0 bridgehead atoms. The average Bonchev–Trinajstić information content (AvgIpc) is 2.61. The molecule has 0 saturated heterocycles. The topological polar surface area (TPSA) is 153 Å². The molecule has 148 valence electrons. The quantitative estimate of drug-likeness (QED) is 0.430. The molecular weight excluding hydrogens is 340 g/mol. The Hall–Kier alpha value is -2.16. The Balaban J connectivity index is 0.000000923. The Bertz CT molecular complexity index is 529. The number of ether oxygens (including phenoxy) is 1. The van der Waals surface area contributed by atoms with Crippen LogP contribution < -0.4 is 11.1 Å². The van der Waals surface area contributed by atoms with Crippen molar-refractivity contribution in [2.45, 2.75) is 51.1 Å². The molecule has 1 saturated carbocycles. The summed E-state index contributed by atoms with van der Waals surface area (Å²) in [7, 11) is 0. The minimum Gasteiger partial charge on any atom is -0.480 e. The van der Waals surface area contributed by atoms with Crippen LogP contribution in [-0.2, 0) is 9.53 Å². The molecule has 8 nitrogen and oxygen atoms in total. The van der Waals surface area contributed by atoms with E-state index < -0.39 is 12.6 Å². The van der Waals surface area contributed by atoms with Crippen molar-refractivity contribution in [1.82, 2.24) is 5.32 Å². The number of nitrogens with two attached hydrogens (primary N) is 1. The molecular formula is C18H30N2O6. The van der Waals surface area contributed by atoms with E-state index in [2.05, 4.69) is 12.2 Å². The lowest BCUT2D eigenvalue weighted by Crippen LogP contribution is -2.40. The van der Waals surface area contributed by atoms with E-state index >= 15 is 0 Å². The van der Waals surface area contributed by atoms with Crippen molar-refractivity contribution in [3.05, 3.63) is 29.8 Å². The van der Waals surface area contributed by atoms with Crippen molar-refractivity contribution in [3.63, 3.8) is 0 Å². The van der Waals surface area contributed by atoms with Gasteiger partial charge in [0.2, 0.25) is 0 Å². The number of hydrogen-bond acceptors (Lipinski definition) is 6. The Labute approximate surface area is 153 Å². The van der Waals surface area contributed by atoms with E-state index in [1.54, 1.807) is 24.3 Å². The molecule has 1 aliphatic rings. The highest BCUT2D eigenvalue weighted by atomic mass is 16.5. The van der Waals surface area contributed by atoms with Crippen molar-refractivity contribution < 1.29 is 30.0 Å². The van der Waals surface area contributed by atoms with Gasteiger partial charge in [-0.3, -0.25) is 0 Å². The molecule has 0 aromatic heterocycles. The van der Waals surface area contributed by atoms with Crippen LogP contribution in [0.3, 0.4) is 0 Å². The molecule has 0 aliphatic heterocycles. The molecule has 1 atom stereocenters. The fourth-order valence-corrected chi connectivity index (χ4v) is 2.62. The van der Waals surface area contributed by atoms with Crippen LogP contribution in [0.1, 0.15) is 49.4 Å². The van der Waals surface area contributed by atoms with Crippen LogP contribution in [0.5, 0.6) is 0 Å².